The second-order valence-electron chi connectivity index (χ2n) is 9.45. The third kappa shape index (κ3) is 4.33. The molecule has 34 heavy (non-hydrogen) atoms. The monoisotopic (exact) mass is 459 g/mol. The molecule has 1 aromatic heterocycles. The molecule has 1 saturated heterocycles. The molecule has 1 aliphatic carbocycles. The summed E-state index contributed by atoms with van der Waals surface area (Å²) in [6.07, 6.45) is 3.65. The zero-order valence-electron chi connectivity index (χ0n) is 19.9. The van der Waals surface area contributed by atoms with E-state index in [1.54, 1.807) is 7.11 Å². The number of hydrogen-bond donors (Lipinski definition) is 3. The van der Waals surface area contributed by atoms with Crippen LogP contribution in [0.4, 0.5) is 10.6 Å². The quantitative estimate of drug-likeness (QED) is 0.498. The van der Waals surface area contributed by atoms with E-state index >= 15 is 0 Å². The van der Waals surface area contributed by atoms with Crippen LogP contribution in [0, 0.1) is 0 Å². The first-order chi connectivity index (χ1) is 16.6. The largest absolute Gasteiger partial charge is 0.382 e. The molecule has 0 saturated carbocycles. The lowest BCUT2D eigenvalue weighted by atomic mass is 9.78. The number of methoxy groups -OCH3 is 1. The summed E-state index contributed by atoms with van der Waals surface area (Å²) in [5.41, 5.74) is 3.90. The topological polar surface area (TPSA) is 80.2 Å². The Morgan fingerprint density at radius 3 is 2.65 bits per heavy atom. The highest BCUT2D eigenvalue weighted by Crippen LogP contribution is 2.36. The zero-order valence-corrected chi connectivity index (χ0v) is 19.9. The number of aromatic nitrogens is 2. The molecule has 7 heteroatoms. The normalized spacial score (nSPS) is 22.4. The summed E-state index contributed by atoms with van der Waals surface area (Å²) in [5.74, 6) is 0.912. The van der Waals surface area contributed by atoms with E-state index in [-0.39, 0.29) is 18.1 Å². The third-order valence-electron chi connectivity index (χ3n) is 7.21. The number of nitrogens with zero attached hydrogens (tertiary/aromatic N) is 2. The van der Waals surface area contributed by atoms with E-state index in [0.717, 1.165) is 48.6 Å². The zero-order chi connectivity index (χ0) is 23.5. The Balaban J connectivity index is 1.44. The first-order valence-electron chi connectivity index (χ1n) is 12.1. The molecule has 1 aliphatic heterocycles. The van der Waals surface area contributed by atoms with Crippen molar-refractivity contribution in [3.05, 3.63) is 77.5 Å². The Morgan fingerprint density at radius 1 is 1.18 bits per heavy atom. The fraction of sp³-hybridized carbons (Fsp3) is 0.407. The van der Waals surface area contributed by atoms with Crippen molar-refractivity contribution in [2.75, 3.05) is 25.5 Å². The average Bonchev–Trinajstić information content (AvgIpc) is 3.56. The summed E-state index contributed by atoms with van der Waals surface area (Å²) in [4.78, 5) is 13.6. The van der Waals surface area contributed by atoms with Crippen molar-refractivity contribution >= 4 is 11.8 Å². The van der Waals surface area contributed by atoms with Gasteiger partial charge in [0.15, 0.2) is 0 Å². The van der Waals surface area contributed by atoms with Crippen molar-refractivity contribution in [2.45, 2.75) is 50.2 Å². The maximum Gasteiger partial charge on any atom is 0.320 e. The minimum Gasteiger partial charge on any atom is -0.382 e. The van der Waals surface area contributed by atoms with E-state index in [0.29, 0.717) is 13.0 Å². The average molecular weight is 460 g/mol. The lowest BCUT2D eigenvalue weighted by molar-refractivity contribution is 0.0815. The molecule has 0 bridgehead atoms. The number of urea groups is 1. The first-order valence-corrected chi connectivity index (χ1v) is 12.1. The van der Waals surface area contributed by atoms with Crippen molar-refractivity contribution in [1.29, 1.82) is 0 Å². The van der Waals surface area contributed by atoms with Crippen LogP contribution in [-0.2, 0) is 17.6 Å². The number of fused-ring (bicyclic) bond motifs is 1. The molecule has 0 radical (unpaired) electrons. The van der Waals surface area contributed by atoms with Gasteiger partial charge in [0.05, 0.1) is 23.0 Å². The predicted molar refractivity (Wildman–Crippen MR) is 134 cm³/mol. The second-order valence-corrected chi connectivity index (χ2v) is 9.45. The number of carbonyl (C=O) groups excluding carboxylic acids is 1. The van der Waals surface area contributed by atoms with Gasteiger partial charge in [-0.3, -0.25) is 5.32 Å². The van der Waals surface area contributed by atoms with E-state index in [9.17, 15) is 4.79 Å². The smallest absolute Gasteiger partial charge is 0.320 e. The highest BCUT2D eigenvalue weighted by molar-refractivity contribution is 5.90. The standard InChI is InChI=1S/C27H33N5O2/c1-19(34-2)16-27(18-28-17-23(27)20-10-5-3-6-11-20)30-26(33)29-25-22-14-9-15-24(22)31-32(25)21-12-7-4-8-13-21/h3-8,10-13,19,23,28H,9,14-18H2,1-2H3,(H2,29,30,33)/t19-,23-,27+/m0/s1. The van der Waals surface area contributed by atoms with E-state index in [1.807, 2.05) is 41.1 Å². The van der Waals surface area contributed by atoms with Gasteiger partial charge in [-0.2, -0.15) is 5.10 Å². The van der Waals surface area contributed by atoms with Crippen LogP contribution < -0.4 is 16.0 Å². The number of carbonyl (C=O) groups is 1. The Kier molecular flexibility index (Phi) is 6.39. The molecule has 7 nitrogen and oxygen atoms in total. The molecule has 3 N–H and O–H groups in total. The molecular weight excluding hydrogens is 426 g/mol. The van der Waals surface area contributed by atoms with Gasteiger partial charge in [-0.25, -0.2) is 9.48 Å². The van der Waals surface area contributed by atoms with Crippen LogP contribution >= 0.6 is 0 Å². The van der Waals surface area contributed by atoms with Crippen LogP contribution in [0.2, 0.25) is 0 Å². The molecule has 2 aromatic carbocycles. The lowest BCUT2D eigenvalue weighted by Crippen LogP contribution is -2.56. The van der Waals surface area contributed by atoms with Gasteiger partial charge in [0.2, 0.25) is 0 Å². The molecule has 0 spiro atoms. The summed E-state index contributed by atoms with van der Waals surface area (Å²) in [6, 6.07) is 20.2. The molecule has 2 amide bonds. The number of aryl methyl sites for hydroxylation is 1. The van der Waals surface area contributed by atoms with Crippen LogP contribution in [0.25, 0.3) is 5.69 Å². The number of amides is 2. The van der Waals surface area contributed by atoms with Gasteiger partial charge < -0.3 is 15.4 Å². The Morgan fingerprint density at radius 2 is 1.91 bits per heavy atom. The van der Waals surface area contributed by atoms with Crippen molar-refractivity contribution in [3.8, 4) is 5.69 Å². The van der Waals surface area contributed by atoms with Gasteiger partial charge >= 0.3 is 6.03 Å². The number of anilines is 1. The SMILES string of the molecule is CO[C@@H](C)C[C@@]1(NC(=O)Nc2c3c(nn2-c2ccccc2)CCC3)CNC[C@H]1c1ccccc1. The fourth-order valence-electron chi connectivity index (χ4n) is 5.51. The molecule has 3 atom stereocenters. The van der Waals surface area contributed by atoms with Crippen LogP contribution in [0.5, 0.6) is 0 Å². The minimum atomic E-state index is -0.471. The number of para-hydroxylation sites is 1. The molecule has 0 unspecified atom stereocenters. The van der Waals surface area contributed by atoms with Crippen LogP contribution in [0.3, 0.4) is 0 Å². The number of ether oxygens (including phenoxy) is 1. The van der Waals surface area contributed by atoms with E-state index in [2.05, 4.69) is 47.1 Å². The number of benzene rings is 2. The van der Waals surface area contributed by atoms with E-state index in [4.69, 9.17) is 9.84 Å². The highest BCUT2D eigenvalue weighted by Gasteiger charge is 2.46. The van der Waals surface area contributed by atoms with E-state index < -0.39 is 5.54 Å². The highest BCUT2D eigenvalue weighted by atomic mass is 16.5. The molecule has 2 aliphatic rings. The lowest BCUT2D eigenvalue weighted by Gasteiger charge is -2.37. The number of rotatable bonds is 7. The maximum atomic E-state index is 13.6. The molecule has 178 valence electrons. The molecular formula is C27H33N5O2. The maximum absolute atomic E-state index is 13.6. The van der Waals surface area contributed by atoms with Crippen molar-refractivity contribution in [2.24, 2.45) is 0 Å². The molecule has 3 aromatic rings. The second kappa shape index (κ2) is 9.60. The van der Waals surface area contributed by atoms with Crippen LogP contribution in [-0.4, -0.2) is 47.7 Å². The fourth-order valence-corrected chi connectivity index (χ4v) is 5.51. The van der Waals surface area contributed by atoms with Gasteiger partial charge in [0.1, 0.15) is 5.82 Å². The third-order valence-corrected chi connectivity index (χ3v) is 7.21. The van der Waals surface area contributed by atoms with Gasteiger partial charge in [-0.05, 0) is 50.3 Å². The summed E-state index contributed by atoms with van der Waals surface area (Å²) < 4.78 is 7.50. The van der Waals surface area contributed by atoms with Gasteiger partial charge in [-0.1, -0.05) is 48.5 Å². The van der Waals surface area contributed by atoms with E-state index in [1.165, 1.54) is 5.56 Å². The molecule has 1 fully saturated rings. The molecule has 2 heterocycles. The van der Waals surface area contributed by atoms with Crippen molar-refractivity contribution in [3.63, 3.8) is 0 Å². The summed E-state index contributed by atoms with van der Waals surface area (Å²) in [7, 11) is 1.72. The summed E-state index contributed by atoms with van der Waals surface area (Å²) >= 11 is 0. The summed E-state index contributed by atoms with van der Waals surface area (Å²) in [6.45, 7) is 3.54. The minimum absolute atomic E-state index is 0.00510. The predicted octanol–water partition coefficient (Wildman–Crippen LogP) is 4.03. The Bertz CT molecular complexity index is 1130. The van der Waals surface area contributed by atoms with Gasteiger partial charge in [-0.15, -0.1) is 0 Å². The van der Waals surface area contributed by atoms with Crippen LogP contribution in [0.15, 0.2) is 60.7 Å². The van der Waals surface area contributed by atoms with Gasteiger partial charge in [0.25, 0.3) is 0 Å². The van der Waals surface area contributed by atoms with Crippen molar-refractivity contribution in [1.82, 2.24) is 20.4 Å². The number of nitrogens with one attached hydrogen (secondary N) is 3. The molecule has 5 rings (SSSR count). The first kappa shape index (κ1) is 22.6. The van der Waals surface area contributed by atoms with Gasteiger partial charge in [0, 0.05) is 31.7 Å². The number of hydrogen-bond acceptors (Lipinski definition) is 4. The summed E-state index contributed by atoms with van der Waals surface area (Å²) in [5, 5.41) is 14.9. The van der Waals surface area contributed by atoms with Crippen LogP contribution in [0.1, 0.15) is 42.5 Å². The Hall–Kier alpha value is -3.16. The van der Waals surface area contributed by atoms with Crippen molar-refractivity contribution < 1.29 is 9.53 Å². The Labute approximate surface area is 200 Å².